The van der Waals surface area contributed by atoms with E-state index in [2.05, 4.69) is 10.2 Å². The molecule has 1 fully saturated rings. The lowest BCUT2D eigenvalue weighted by Gasteiger charge is -2.39. The lowest BCUT2D eigenvalue weighted by Crippen LogP contribution is -2.52. The summed E-state index contributed by atoms with van der Waals surface area (Å²) in [5.41, 5.74) is 1.44. The number of ketones is 1. The van der Waals surface area contributed by atoms with Gasteiger partial charge in [0.25, 0.3) is 5.91 Å². The number of carbonyl (C=O) groups is 2. The van der Waals surface area contributed by atoms with Crippen LogP contribution in [0.25, 0.3) is 10.9 Å². The minimum absolute atomic E-state index is 0.0221. The van der Waals surface area contributed by atoms with E-state index in [4.69, 9.17) is 9.47 Å². The Labute approximate surface area is 165 Å². The number of H-pyrrole nitrogens is 1. The molecule has 1 saturated heterocycles. The summed E-state index contributed by atoms with van der Waals surface area (Å²) in [7, 11) is 0. The van der Waals surface area contributed by atoms with Crippen LogP contribution in [-0.2, 0) is 11.2 Å². The van der Waals surface area contributed by atoms with Gasteiger partial charge in [-0.1, -0.05) is 0 Å². The number of hydrogen-bond acceptors (Lipinski definition) is 5. The molecule has 3 heterocycles. The van der Waals surface area contributed by atoms with Crippen LogP contribution in [0.3, 0.4) is 0 Å². The van der Waals surface area contributed by atoms with Crippen molar-refractivity contribution in [2.45, 2.75) is 6.42 Å². The van der Waals surface area contributed by atoms with Crippen LogP contribution in [0, 0.1) is 11.7 Å². The second kappa shape index (κ2) is 6.88. The van der Waals surface area contributed by atoms with Crippen molar-refractivity contribution in [3.05, 3.63) is 53.5 Å². The molecule has 1 amide bonds. The van der Waals surface area contributed by atoms with E-state index in [1.54, 1.807) is 11.1 Å². The van der Waals surface area contributed by atoms with Crippen LogP contribution in [0.4, 0.5) is 4.39 Å². The van der Waals surface area contributed by atoms with Gasteiger partial charge in [0, 0.05) is 48.5 Å². The van der Waals surface area contributed by atoms with Crippen molar-refractivity contribution in [2.75, 3.05) is 26.3 Å². The van der Waals surface area contributed by atoms with Gasteiger partial charge < -0.3 is 14.4 Å². The SMILES string of the molecule is O=C1COc2cc(F)c(C(=O)N3CC(COc4ccc5cn[nH]c5c4)C3)cc2C1. The molecule has 8 heteroatoms. The van der Waals surface area contributed by atoms with E-state index in [9.17, 15) is 14.0 Å². The Morgan fingerprint density at radius 2 is 2.17 bits per heavy atom. The number of halogens is 1. The van der Waals surface area contributed by atoms with Gasteiger partial charge in [-0.15, -0.1) is 0 Å². The van der Waals surface area contributed by atoms with E-state index in [-0.39, 0.29) is 36.2 Å². The molecule has 0 aliphatic carbocycles. The van der Waals surface area contributed by atoms with Crippen molar-refractivity contribution in [3.63, 3.8) is 0 Å². The van der Waals surface area contributed by atoms with E-state index >= 15 is 0 Å². The minimum atomic E-state index is -0.629. The minimum Gasteiger partial charge on any atom is -0.493 e. The molecule has 2 aliphatic rings. The third-order valence-electron chi connectivity index (χ3n) is 5.30. The highest BCUT2D eigenvalue weighted by atomic mass is 19.1. The van der Waals surface area contributed by atoms with Gasteiger partial charge in [-0.25, -0.2) is 4.39 Å². The normalized spacial score (nSPS) is 16.3. The summed E-state index contributed by atoms with van der Waals surface area (Å²) in [4.78, 5) is 25.8. The van der Waals surface area contributed by atoms with Crippen molar-refractivity contribution < 1.29 is 23.5 Å². The zero-order valence-corrected chi connectivity index (χ0v) is 15.5. The number of hydrogen-bond donors (Lipinski definition) is 1. The van der Waals surface area contributed by atoms with E-state index in [1.807, 2.05) is 18.2 Å². The fraction of sp³-hybridized carbons (Fsp3) is 0.286. The second-order valence-corrected chi connectivity index (χ2v) is 7.45. The largest absolute Gasteiger partial charge is 0.493 e. The number of Topliss-reactive ketones (excluding diaryl/α,β-unsaturated/α-hetero) is 1. The van der Waals surface area contributed by atoms with Crippen LogP contribution in [-0.4, -0.2) is 53.1 Å². The van der Waals surface area contributed by atoms with Gasteiger partial charge in [-0.05, 0) is 18.2 Å². The third-order valence-corrected chi connectivity index (χ3v) is 5.30. The average Bonchev–Trinajstić information content (AvgIpc) is 3.14. The molecule has 0 saturated carbocycles. The molecule has 148 valence electrons. The van der Waals surface area contributed by atoms with Gasteiger partial charge in [0.15, 0.2) is 5.78 Å². The number of amides is 1. The van der Waals surface area contributed by atoms with Crippen LogP contribution in [0.1, 0.15) is 15.9 Å². The number of fused-ring (bicyclic) bond motifs is 2. The van der Waals surface area contributed by atoms with Crippen LogP contribution >= 0.6 is 0 Å². The maximum Gasteiger partial charge on any atom is 0.256 e. The standard InChI is InChI=1S/C21H18FN3O4/c22-18-6-20-14(3-15(26)11-29-20)4-17(18)21(27)25-8-12(9-25)10-28-16-2-1-13-7-23-24-19(13)5-16/h1-2,4-7,12H,3,8-11H2,(H,23,24). The zero-order valence-electron chi connectivity index (χ0n) is 15.5. The molecule has 0 radical (unpaired) electrons. The van der Waals surface area contributed by atoms with E-state index in [0.29, 0.717) is 31.0 Å². The molecule has 0 spiro atoms. The van der Waals surface area contributed by atoms with Crippen LogP contribution in [0.5, 0.6) is 11.5 Å². The Balaban J connectivity index is 1.20. The molecule has 7 nitrogen and oxygen atoms in total. The third kappa shape index (κ3) is 3.30. The zero-order chi connectivity index (χ0) is 20.0. The van der Waals surface area contributed by atoms with Gasteiger partial charge in [-0.2, -0.15) is 5.10 Å². The average molecular weight is 395 g/mol. The summed E-state index contributed by atoms with van der Waals surface area (Å²) in [5.74, 6) is 0.160. The fourth-order valence-corrected chi connectivity index (χ4v) is 3.69. The second-order valence-electron chi connectivity index (χ2n) is 7.45. The number of aromatic nitrogens is 2. The van der Waals surface area contributed by atoms with Gasteiger partial charge in [0.1, 0.15) is 23.9 Å². The predicted octanol–water partition coefficient (Wildman–Crippen LogP) is 2.36. The first-order valence-electron chi connectivity index (χ1n) is 9.39. The van der Waals surface area contributed by atoms with Crippen molar-refractivity contribution >= 4 is 22.6 Å². The quantitative estimate of drug-likeness (QED) is 0.733. The van der Waals surface area contributed by atoms with Gasteiger partial charge >= 0.3 is 0 Å². The van der Waals surface area contributed by atoms with E-state index < -0.39 is 5.82 Å². The maximum absolute atomic E-state index is 14.4. The highest BCUT2D eigenvalue weighted by Gasteiger charge is 2.33. The van der Waals surface area contributed by atoms with Crippen LogP contribution in [0.15, 0.2) is 36.5 Å². The first kappa shape index (κ1) is 17.7. The van der Waals surface area contributed by atoms with Gasteiger partial charge in [-0.3, -0.25) is 14.7 Å². The maximum atomic E-state index is 14.4. The molecule has 5 rings (SSSR count). The number of nitrogens with one attached hydrogen (secondary N) is 1. The molecule has 0 bridgehead atoms. The number of carbonyl (C=O) groups excluding carboxylic acids is 2. The van der Waals surface area contributed by atoms with Crippen molar-refractivity contribution in [1.82, 2.24) is 15.1 Å². The topological polar surface area (TPSA) is 84.5 Å². The summed E-state index contributed by atoms with van der Waals surface area (Å²) in [6.45, 7) is 1.41. The Kier molecular flexibility index (Phi) is 4.19. The lowest BCUT2D eigenvalue weighted by molar-refractivity contribution is -0.121. The van der Waals surface area contributed by atoms with E-state index in [1.165, 1.54) is 12.1 Å². The van der Waals surface area contributed by atoms with Gasteiger partial charge in [0.2, 0.25) is 0 Å². The van der Waals surface area contributed by atoms with Crippen molar-refractivity contribution in [1.29, 1.82) is 0 Å². The summed E-state index contributed by atoms with van der Waals surface area (Å²) in [6.07, 6.45) is 1.91. The smallest absolute Gasteiger partial charge is 0.256 e. The molecule has 29 heavy (non-hydrogen) atoms. The number of aromatic amines is 1. The summed E-state index contributed by atoms with van der Waals surface area (Å²) in [5, 5.41) is 7.89. The molecule has 3 aromatic rings. The van der Waals surface area contributed by atoms with E-state index in [0.717, 1.165) is 16.7 Å². The molecular formula is C21H18FN3O4. The Morgan fingerprint density at radius 3 is 3.03 bits per heavy atom. The van der Waals surface area contributed by atoms with Crippen LogP contribution in [0.2, 0.25) is 0 Å². The fourth-order valence-electron chi connectivity index (χ4n) is 3.69. The number of likely N-dealkylation sites (tertiary alicyclic amines) is 1. The summed E-state index contributed by atoms with van der Waals surface area (Å²) < 4.78 is 25.4. The molecule has 1 aromatic heterocycles. The lowest BCUT2D eigenvalue weighted by atomic mass is 9.97. The highest BCUT2D eigenvalue weighted by molar-refractivity contribution is 5.96. The monoisotopic (exact) mass is 395 g/mol. The molecule has 1 N–H and O–H groups in total. The first-order chi connectivity index (χ1) is 14.1. The molecule has 0 unspecified atom stereocenters. The van der Waals surface area contributed by atoms with Crippen molar-refractivity contribution in [2.24, 2.45) is 5.92 Å². The first-order valence-corrected chi connectivity index (χ1v) is 9.39. The highest BCUT2D eigenvalue weighted by Crippen LogP contribution is 2.29. The Morgan fingerprint density at radius 1 is 1.31 bits per heavy atom. The molecule has 0 atom stereocenters. The summed E-state index contributed by atoms with van der Waals surface area (Å²) >= 11 is 0. The number of nitrogens with zero attached hydrogens (tertiary/aromatic N) is 2. The Bertz CT molecular complexity index is 1120. The van der Waals surface area contributed by atoms with Crippen LogP contribution < -0.4 is 9.47 Å². The molecular weight excluding hydrogens is 377 g/mol. The molecule has 2 aliphatic heterocycles. The number of rotatable bonds is 4. The van der Waals surface area contributed by atoms with Crippen molar-refractivity contribution in [3.8, 4) is 11.5 Å². The summed E-state index contributed by atoms with van der Waals surface area (Å²) in [6, 6.07) is 8.33. The molecule has 2 aromatic carbocycles. The number of ether oxygens (including phenoxy) is 2. The Hall–Kier alpha value is -3.42. The number of benzene rings is 2. The van der Waals surface area contributed by atoms with Gasteiger partial charge in [0.05, 0.1) is 23.9 Å². The predicted molar refractivity (Wildman–Crippen MR) is 102 cm³/mol.